The zero-order valence-corrected chi connectivity index (χ0v) is 11.7. The van der Waals surface area contributed by atoms with Gasteiger partial charge < -0.3 is 10.6 Å². The topological polar surface area (TPSA) is 66.9 Å². The summed E-state index contributed by atoms with van der Waals surface area (Å²) in [5.41, 5.74) is -0.434. The van der Waals surface area contributed by atoms with Gasteiger partial charge in [-0.2, -0.15) is 0 Å². The molecule has 0 bridgehead atoms. The van der Waals surface area contributed by atoms with Gasteiger partial charge in [0.2, 0.25) is 5.91 Å². The summed E-state index contributed by atoms with van der Waals surface area (Å²) in [6.45, 7) is 10.7. The number of hydrogen-bond donors (Lipinski definition) is 2. The monoisotopic (exact) mass is 250 g/mol. The molecule has 0 unspecified atom stereocenters. The van der Waals surface area contributed by atoms with E-state index in [0.717, 1.165) is 12.4 Å². The van der Waals surface area contributed by atoms with Crippen molar-refractivity contribution in [2.75, 3.05) is 17.2 Å². The molecular weight excluding hydrogens is 228 g/mol. The summed E-state index contributed by atoms with van der Waals surface area (Å²) in [5, 5.41) is 13.9. The molecule has 0 radical (unpaired) electrons. The second kappa shape index (κ2) is 5.80. The van der Waals surface area contributed by atoms with Gasteiger partial charge in [-0.3, -0.25) is 4.79 Å². The van der Waals surface area contributed by atoms with Crippen LogP contribution < -0.4 is 10.6 Å². The number of carbonyl (C=O) groups excluding carboxylic acids is 1. The quantitative estimate of drug-likeness (QED) is 0.861. The maximum absolute atomic E-state index is 11.7. The fourth-order valence-corrected chi connectivity index (χ4v) is 1.11. The summed E-state index contributed by atoms with van der Waals surface area (Å²) in [6, 6.07) is 3.56. The molecule has 18 heavy (non-hydrogen) atoms. The molecule has 0 spiro atoms. The Hall–Kier alpha value is -1.65. The Labute approximate surface area is 108 Å². The number of carbonyl (C=O) groups is 1. The first kappa shape index (κ1) is 14.4. The van der Waals surface area contributed by atoms with Crippen LogP contribution in [0.5, 0.6) is 0 Å². The van der Waals surface area contributed by atoms with Gasteiger partial charge >= 0.3 is 0 Å². The predicted molar refractivity (Wildman–Crippen MR) is 73.4 cm³/mol. The minimum absolute atomic E-state index is 0.0697. The van der Waals surface area contributed by atoms with Crippen molar-refractivity contribution in [2.45, 2.75) is 34.6 Å². The minimum Gasteiger partial charge on any atom is -0.368 e. The van der Waals surface area contributed by atoms with E-state index in [1.807, 2.05) is 26.8 Å². The Balaban J connectivity index is 2.58. The number of aromatic nitrogens is 2. The first-order chi connectivity index (χ1) is 8.29. The van der Waals surface area contributed by atoms with E-state index in [1.54, 1.807) is 6.07 Å². The van der Waals surface area contributed by atoms with E-state index in [0.29, 0.717) is 11.7 Å². The number of amides is 1. The van der Waals surface area contributed by atoms with Gasteiger partial charge in [-0.05, 0) is 18.1 Å². The Morgan fingerprint density at radius 3 is 2.22 bits per heavy atom. The van der Waals surface area contributed by atoms with Crippen molar-refractivity contribution in [1.29, 1.82) is 0 Å². The summed E-state index contributed by atoms with van der Waals surface area (Å²) < 4.78 is 0. The van der Waals surface area contributed by atoms with E-state index in [2.05, 4.69) is 34.7 Å². The largest absolute Gasteiger partial charge is 0.368 e. The molecule has 5 heteroatoms. The zero-order chi connectivity index (χ0) is 13.8. The Morgan fingerprint density at radius 2 is 1.78 bits per heavy atom. The fourth-order valence-electron chi connectivity index (χ4n) is 1.11. The predicted octanol–water partition coefficient (Wildman–Crippen LogP) is 2.53. The first-order valence-electron chi connectivity index (χ1n) is 6.18. The lowest BCUT2D eigenvalue weighted by molar-refractivity contribution is -0.123. The van der Waals surface area contributed by atoms with Gasteiger partial charge in [-0.1, -0.05) is 34.6 Å². The molecule has 0 aliphatic rings. The highest BCUT2D eigenvalue weighted by atomic mass is 16.2. The van der Waals surface area contributed by atoms with Gasteiger partial charge in [-0.15, -0.1) is 10.2 Å². The average Bonchev–Trinajstić information content (AvgIpc) is 2.26. The van der Waals surface area contributed by atoms with Crippen LogP contribution in [0.1, 0.15) is 34.6 Å². The van der Waals surface area contributed by atoms with Crippen molar-refractivity contribution in [1.82, 2.24) is 10.2 Å². The van der Waals surface area contributed by atoms with Crippen LogP contribution in [0.25, 0.3) is 0 Å². The molecule has 2 N–H and O–H groups in total. The maximum atomic E-state index is 11.7. The Bertz CT molecular complexity index is 392. The van der Waals surface area contributed by atoms with Gasteiger partial charge in [0.05, 0.1) is 0 Å². The molecule has 0 aliphatic carbocycles. The highest BCUT2D eigenvalue weighted by Gasteiger charge is 2.21. The SMILES string of the molecule is CC(C)CNc1ccc(NC(=O)C(C)(C)C)nn1. The number of anilines is 2. The van der Waals surface area contributed by atoms with Crippen LogP contribution in [-0.4, -0.2) is 22.6 Å². The average molecular weight is 250 g/mol. The molecule has 1 heterocycles. The van der Waals surface area contributed by atoms with E-state index in [4.69, 9.17) is 0 Å². The van der Waals surface area contributed by atoms with Crippen molar-refractivity contribution >= 4 is 17.5 Å². The standard InChI is InChI=1S/C13H22N4O/c1-9(2)8-14-10-6-7-11(17-16-10)15-12(18)13(3,4)5/h6-7,9H,8H2,1-5H3,(H,14,16)(H,15,17,18). The molecule has 0 saturated heterocycles. The minimum atomic E-state index is -0.434. The lowest BCUT2D eigenvalue weighted by Gasteiger charge is -2.16. The van der Waals surface area contributed by atoms with E-state index < -0.39 is 5.41 Å². The molecular formula is C13H22N4O. The van der Waals surface area contributed by atoms with Crippen molar-refractivity contribution in [3.05, 3.63) is 12.1 Å². The highest BCUT2D eigenvalue weighted by molar-refractivity contribution is 5.93. The van der Waals surface area contributed by atoms with Crippen molar-refractivity contribution in [3.8, 4) is 0 Å². The fraction of sp³-hybridized carbons (Fsp3) is 0.615. The molecule has 0 aromatic carbocycles. The normalized spacial score (nSPS) is 11.4. The van der Waals surface area contributed by atoms with Crippen LogP contribution in [0.15, 0.2) is 12.1 Å². The lowest BCUT2D eigenvalue weighted by Crippen LogP contribution is -2.28. The van der Waals surface area contributed by atoms with Gasteiger partial charge in [0.25, 0.3) is 0 Å². The van der Waals surface area contributed by atoms with E-state index in [1.165, 1.54) is 0 Å². The second-order valence-corrected chi connectivity index (χ2v) is 5.78. The van der Waals surface area contributed by atoms with Gasteiger partial charge in [0, 0.05) is 12.0 Å². The van der Waals surface area contributed by atoms with Crippen LogP contribution in [0.2, 0.25) is 0 Å². The Kier molecular flexibility index (Phi) is 4.64. The van der Waals surface area contributed by atoms with Crippen LogP contribution in [0, 0.1) is 11.3 Å². The number of rotatable bonds is 4. The van der Waals surface area contributed by atoms with E-state index in [9.17, 15) is 4.79 Å². The number of nitrogens with one attached hydrogen (secondary N) is 2. The third-order valence-electron chi connectivity index (χ3n) is 2.28. The van der Waals surface area contributed by atoms with Crippen molar-refractivity contribution in [3.63, 3.8) is 0 Å². The van der Waals surface area contributed by atoms with Crippen LogP contribution >= 0.6 is 0 Å². The first-order valence-corrected chi connectivity index (χ1v) is 6.18. The molecule has 0 atom stereocenters. The molecule has 100 valence electrons. The summed E-state index contributed by atoms with van der Waals surface area (Å²) >= 11 is 0. The lowest BCUT2D eigenvalue weighted by atomic mass is 9.96. The number of nitrogens with zero attached hydrogens (tertiary/aromatic N) is 2. The summed E-state index contributed by atoms with van der Waals surface area (Å²) in [5.74, 6) is 1.68. The summed E-state index contributed by atoms with van der Waals surface area (Å²) in [7, 11) is 0. The van der Waals surface area contributed by atoms with Gasteiger partial charge in [-0.25, -0.2) is 0 Å². The zero-order valence-electron chi connectivity index (χ0n) is 11.7. The molecule has 5 nitrogen and oxygen atoms in total. The van der Waals surface area contributed by atoms with E-state index >= 15 is 0 Å². The molecule has 1 rings (SSSR count). The van der Waals surface area contributed by atoms with Crippen LogP contribution in [-0.2, 0) is 4.79 Å². The maximum Gasteiger partial charge on any atom is 0.230 e. The van der Waals surface area contributed by atoms with Gasteiger partial charge in [0.1, 0.15) is 5.82 Å². The van der Waals surface area contributed by atoms with Crippen LogP contribution in [0.4, 0.5) is 11.6 Å². The second-order valence-electron chi connectivity index (χ2n) is 5.78. The van der Waals surface area contributed by atoms with Crippen molar-refractivity contribution < 1.29 is 4.79 Å². The summed E-state index contributed by atoms with van der Waals surface area (Å²) in [6.07, 6.45) is 0. The smallest absolute Gasteiger partial charge is 0.230 e. The molecule has 1 aromatic heterocycles. The molecule has 0 saturated carbocycles. The highest BCUT2D eigenvalue weighted by Crippen LogP contribution is 2.16. The molecule has 1 aromatic rings. The third-order valence-corrected chi connectivity index (χ3v) is 2.28. The van der Waals surface area contributed by atoms with Crippen LogP contribution in [0.3, 0.4) is 0 Å². The summed E-state index contributed by atoms with van der Waals surface area (Å²) in [4.78, 5) is 11.7. The number of hydrogen-bond acceptors (Lipinski definition) is 4. The Morgan fingerprint density at radius 1 is 1.22 bits per heavy atom. The third kappa shape index (κ3) is 4.69. The van der Waals surface area contributed by atoms with E-state index in [-0.39, 0.29) is 5.91 Å². The molecule has 0 fully saturated rings. The molecule has 1 amide bonds. The van der Waals surface area contributed by atoms with Crippen molar-refractivity contribution in [2.24, 2.45) is 11.3 Å². The molecule has 0 aliphatic heterocycles. The van der Waals surface area contributed by atoms with Gasteiger partial charge in [0.15, 0.2) is 5.82 Å².